The lowest BCUT2D eigenvalue weighted by Gasteiger charge is -2.05. The van der Waals surface area contributed by atoms with E-state index in [1.807, 2.05) is 14.1 Å². The summed E-state index contributed by atoms with van der Waals surface area (Å²) in [6.45, 7) is 0. The van der Waals surface area contributed by atoms with Crippen LogP contribution in [0.4, 0.5) is 0 Å². The highest BCUT2D eigenvalue weighted by Crippen LogP contribution is 1.84. The van der Waals surface area contributed by atoms with Crippen molar-refractivity contribution < 1.29 is 0 Å². The lowest BCUT2D eigenvalue weighted by Crippen LogP contribution is -2.12. The van der Waals surface area contributed by atoms with E-state index in [4.69, 9.17) is 0 Å². The Labute approximate surface area is 89.5 Å². The van der Waals surface area contributed by atoms with Crippen LogP contribution in [0.2, 0.25) is 0 Å². The van der Waals surface area contributed by atoms with Crippen molar-refractivity contribution in [3.05, 3.63) is 0 Å². The molecule has 66 valence electrons. The van der Waals surface area contributed by atoms with Gasteiger partial charge in [-0.3, -0.25) is 0 Å². The van der Waals surface area contributed by atoms with Gasteiger partial charge in [-0.05, 0) is 0 Å². The first-order chi connectivity index (χ1) is 4.91. The Hall–Kier alpha value is 0.480. The van der Waals surface area contributed by atoms with Gasteiger partial charge in [0.1, 0.15) is 8.64 Å². The number of thiocarbonyl (C=S) groups is 2. The molecule has 0 unspecified atom stereocenters. The van der Waals surface area contributed by atoms with Gasteiger partial charge in [-0.15, -0.1) is 25.3 Å². The second kappa shape index (κ2) is 8.58. The van der Waals surface area contributed by atoms with Gasteiger partial charge in [0.2, 0.25) is 0 Å². The molecular formula is C5H12N2S4. The van der Waals surface area contributed by atoms with Crippen LogP contribution in [0.25, 0.3) is 0 Å². The molecule has 0 saturated carbocycles. The molecule has 0 heterocycles. The summed E-state index contributed by atoms with van der Waals surface area (Å²) in [7, 11) is 5.44. The van der Waals surface area contributed by atoms with Gasteiger partial charge in [-0.2, -0.15) is 0 Å². The van der Waals surface area contributed by atoms with Gasteiger partial charge in [-0.25, -0.2) is 0 Å². The lowest BCUT2D eigenvalue weighted by molar-refractivity contribution is 0.648. The maximum absolute atomic E-state index is 4.61. The summed E-state index contributed by atoms with van der Waals surface area (Å²) in [5, 5.41) is 2.62. The van der Waals surface area contributed by atoms with E-state index >= 15 is 0 Å². The van der Waals surface area contributed by atoms with E-state index in [2.05, 4.69) is 55.0 Å². The van der Waals surface area contributed by atoms with Crippen molar-refractivity contribution in [1.29, 1.82) is 0 Å². The highest BCUT2D eigenvalue weighted by molar-refractivity contribution is 8.11. The van der Waals surface area contributed by atoms with Crippen LogP contribution in [0.3, 0.4) is 0 Å². The number of thiol groups is 2. The Morgan fingerprint density at radius 2 is 1.45 bits per heavy atom. The second-order valence-corrected chi connectivity index (χ2v) is 4.00. The number of nitrogens with zero attached hydrogens (tertiary/aromatic N) is 1. The minimum atomic E-state index is 0.532. The molecule has 0 aromatic heterocycles. The monoisotopic (exact) mass is 228 g/mol. The van der Waals surface area contributed by atoms with E-state index in [0.717, 1.165) is 0 Å². The quantitative estimate of drug-likeness (QED) is 0.426. The molecule has 2 nitrogen and oxygen atoms in total. The van der Waals surface area contributed by atoms with E-state index in [1.54, 1.807) is 11.9 Å². The average molecular weight is 228 g/mol. The van der Waals surface area contributed by atoms with Crippen LogP contribution in [0.15, 0.2) is 0 Å². The van der Waals surface area contributed by atoms with Crippen LogP contribution < -0.4 is 5.32 Å². The van der Waals surface area contributed by atoms with E-state index < -0.39 is 0 Å². The summed E-state index contributed by atoms with van der Waals surface area (Å²) in [5.41, 5.74) is 0. The number of nitrogens with one attached hydrogen (secondary N) is 1. The van der Waals surface area contributed by atoms with Gasteiger partial charge in [0, 0.05) is 21.1 Å². The van der Waals surface area contributed by atoms with Gasteiger partial charge in [0.05, 0.1) is 0 Å². The molecule has 0 atom stereocenters. The topological polar surface area (TPSA) is 15.3 Å². The van der Waals surface area contributed by atoms with Crippen LogP contribution in [0, 0.1) is 0 Å². The molecule has 0 aromatic rings. The molecule has 0 radical (unpaired) electrons. The minimum absolute atomic E-state index is 0.532. The second-order valence-electron chi connectivity index (χ2n) is 1.73. The Morgan fingerprint density at radius 3 is 1.45 bits per heavy atom. The largest absolute Gasteiger partial charge is 0.374 e. The van der Waals surface area contributed by atoms with Gasteiger partial charge in [0.15, 0.2) is 0 Å². The fourth-order valence-electron chi connectivity index (χ4n) is 0. The molecule has 11 heavy (non-hydrogen) atoms. The van der Waals surface area contributed by atoms with Crippen molar-refractivity contribution >= 4 is 58.3 Å². The van der Waals surface area contributed by atoms with Crippen LogP contribution in [-0.2, 0) is 0 Å². The molecule has 0 rings (SSSR count). The maximum Gasteiger partial charge on any atom is 0.132 e. The summed E-state index contributed by atoms with van der Waals surface area (Å²) in [4.78, 5) is 1.76. The van der Waals surface area contributed by atoms with Gasteiger partial charge in [-0.1, -0.05) is 24.4 Å². The van der Waals surface area contributed by atoms with E-state index in [0.29, 0.717) is 8.64 Å². The standard InChI is InChI=1S/C3H7NS2.C2H5NS2/c1-4(2)3(5)6;1-3-2(4)5/h1-2H3,(H,5,6);1H3,(H2,3,4,5). The third-order valence-electron chi connectivity index (χ3n) is 0.596. The molecule has 0 fully saturated rings. The Morgan fingerprint density at radius 1 is 1.27 bits per heavy atom. The van der Waals surface area contributed by atoms with Crippen LogP contribution in [0.5, 0.6) is 0 Å². The molecule has 0 aliphatic carbocycles. The highest BCUT2D eigenvalue weighted by Gasteiger charge is 1.83. The predicted octanol–water partition coefficient (Wildman–Crippen LogP) is 1.18. The van der Waals surface area contributed by atoms with Crippen molar-refractivity contribution in [2.75, 3.05) is 21.1 Å². The first-order valence-corrected chi connectivity index (χ1v) is 4.43. The van der Waals surface area contributed by atoms with Gasteiger partial charge >= 0.3 is 0 Å². The molecule has 6 heteroatoms. The highest BCUT2D eigenvalue weighted by atomic mass is 32.1. The molecule has 0 aromatic carbocycles. The number of hydrogen-bond donors (Lipinski definition) is 3. The van der Waals surface area contributed by atoms with Gasteiger partial charge in [0.25, 0.3) is 0 Å². The molecule has 0 spiro atoms. The Balaban J connectivity index is 0. The third kappa shape index (κ3) is 17.9. The molecular weight excluding hydrogens is 216 g/mol. The number of hydrogen-bond acceptors (Lipinski definition) is 2. The Kier molecular flexibility index (Phi) is 10.9. The fourth-order valence-corrected chi connectivity index (χ4v) is 0. The van der Waals surface area contributed by atoms with Crippen molar-refractivity contribution in [3.8, 4) is 0 Å². The van der Waals surface area contributed by atoms with E-state index in [-0.39, 0.29) is 0 Å². The van der Waals surface area contributed by atoms with Gasteiger partial charge < -0.3 is 10.2 Å². The molecule has 0 bridgehead atoms. The third-order valence-corrected chi connectivity index (χ3v) is 1.79. The van der Waals surface area contributed by atoms with Crippen LogP contribution in [-0.4, -0.2) is 34.7 Å². The van der Waals surface area contributed by atoms with Crippen LogP contribution in [0.1, 0.15) is 0 Å². The lowest BCUT2D eigenvalue weighted by atomic mass is 11.0. The van der Waals surface area contributed by atoms with Crippen LogP contribution >= 0.6 is 49.7 Å². The molecule has 0 saturated heterocycles. The average Bonchev–Trinajstić information content (AvgIpc) is 1.89. The first-order valence-electron chi connectivity index (χ1n) is 2.72. The molecule has 0 aliphatic rings. The van der Waals surface area contributed by atoms with Crippen molar-refractivity contribution in [2.24, 2.45) is 0 Å². The summed E-state index contributed by atoms with van der Waals surface area (Å²) in [6.07, 6.45) is 0. The zero-order valence-electron chi connectivity index (χ0n) is 6.66. The SMILES string of the molecule is CN(C)C(=S)S.CNC(=S)S. The number of rotatable bonds is 0. The van der Waals surface area contributed by atoms with Crippen molar-refractivity contribution in [1.82, 2.24) is 10.2 Å². The first kappa shape index (κ1) is 14.0. The van der Waals surface area contributed by atoms with Crippen molar-refractivity contribution in [2.45, 2.75) is 0 Å². The summed E-state index contributed by atoms with van der Waals surface area (Å²) >= 11 is 16.6. The van der Waals surface area contributed by atoms with E-state index in [1.165, 1.54) is 0 Å². The zero-order chi connectivity index (χ0) is 9.44. The smallest absolute Gasteiger partial charge is 0.132 e. The minimum Gasteiger partial charge on any atom is -0.374 e. The van der Waals surface area contributed by atoms with Crippen molar-refractivity contribution in [3.63, 3.8) is 0 Å². The molecule has 0 amide bonds. The summed E-state index contributed by atoms with van der Waals surface area (Å²) in [6, 6.07) is 0. The molecule has 0 aliphatic heterocycles. The fraction of sp³-hybridized carbons (Fsp3) is 0.600. The summed E-state index contributed by atoms with van der Waals surface area (Å²) < 4.78 is 1.15. The Bertz CT molecular complexity index is 134. The molecule has 1 N–H and O–H groups in total. The normalized spacial score (nSPS) is 7.36. The predicted molar refractivity (Wildman–Crippen MR) is 65.9 cm³/mol. The maximum atomic E-state index is 4.61. The zero-order valence-corrected chi connectivity index (χ0v) is 10.1. The van der Waals surface area contributed by atoms with E-state index in [9.17, 15) is 0 Å². The summed E-state index contributed by atoms with van der Waals surface area (Å²) in [5.74, 6) is 0.